The quantitative estimate of drug-likeness (QED) is 0.383. The third-order valence-corrected chi connectivity index (χ3v) is 5.44. The molecule has 0 saturated carbocycles. The van der Waals surface area contributed by atoms with Crippen LogP contribution in [0, 0.1) is 33.6 Å². The van der Waals surface area contributed by atoms with Gasteiger partial charge in [-0.25, -0.2) is 9.97 Å². The SMILES string of the molecule is Cc1ccc(C)c(NC(=S)/N=C(/Nc2nc(C)cc(C)n2)N2CCC(C(N)=O)CC2)c1. The number of nitrogens with zero attached hydrogens (tertiary/aromatic N) is 4. The zero-order valence-corrected chi connectivity index (χ0v) is 19.2. The molecule has 2 aromatic rings. The van der Waals surface area contributed by atoms with E-state index in [2.05, 4.69) is 36.6 Å². The van der Waals surface area contributed by atoms with Gasteiger partial charge in [0.15, 0.2) is 0 Å². The fraction of sp³-hybridized carbons (Fsp3) is 0.409. The van der Waals surface area contributed by atoms with Gasteiger partial charge in [-0.3, -0.25) is 10.1 Å². The molecule has 3 rings (SSSR count). The number of likely N-dealkylation sites (tertiary alicyclic amines) is 1. The van der Waals surface area contributed by atoms with Gasteiger partial charge in [0.2, 0.25) is 22.9 Å². The molecule has 4 N–H and O–H groups in total. The second-order valence-electron chi connectivity index (χ2n) is 7.95. The lowest BCUT2D eigenvalue weighted by atomic mass is 9.96. The first-order valence-corrected chi connectivity index (χ1v) is 10.7. The number of hydrogen-bond acceptors (Lipinski definition) is 4. The van der Waals surface area contributed by atoms with Crippen molar-refractivity contribution in [1.82, 2.24) is 14.9 Å². The van der Waals surface area contributed by atoms with Gasteiger partial charge in [0.25, 0.3) is 0 Å². The Morgan fingerprint density at radius 3 is 2.35 bits per heavy atom. The summed E-state index contributed by atoms with van der Waals surface area (Å²) in [5, 5.41) is 6.78. The Morgan fingerprint density at radius 1 is 1.10 bits per heavy atom. The number of hydrogen-bond donors (Lipinski definition) is 3. The maximum absolute atomic E-state index is 11.5. The number of amides is 1. The number of aryl methyl sites for hydroxylation is 4. The van der Waals surface area contributed by atoms with Crippen molar-refractivity contribution < 1.29 is 4.79 Å². The molecule has 9 heteroatoms. The monoisotopic (exact) mass is 439 g/mol. The Hall–Kier alpha value is -3.07. The van der Waals surface area contributed by atoms with E-state index < -0.39 is 0 Å². The van der Waals surface area contributed by atoms with Crippen LogP contribution in [0.4, 0.5) is 11.6 Å². The van der Waals surface area contributed by atoms with Crippen molar-refractivity contribution in [2.75, 3.05) is 23.7 Å². The second-order valence-corrected chi connectivity index (χ2v) is 8.33. The number of nitrogens with one attached hydrogen (secondary N) is 2. The highest BCUT2D eigenvalue weighted by molar-refractivity contribution is 7.80. The van der Waals surface area contributed by atoms with Gasteiger partial charge in [-0.15, -0.1) is 0 Å². The Bertz CT molecular complexity index is 993. The molecule has 2 heterocycles. The van der Waals surface area contributed by atoms with E-state index >= 15 is 0 Å². The molecule has 1 aliphatic rings. The molecule has 0 unspecified atom stereocenters. The molecule has 1 aromatic heterocycles. The van der Waals surface area contributed by atoms with E-state index in [1.165, 1.54) is 0 Å². The fourth-order valence-corrected chi connectivity index (χ4v) is 3.74. The number of carbonyl (C=O) groups excluding carboxylic acids is 1. The van der Waals surface area contributed by atoms with Crippen LogP contribution in [0.15, 0.2) is 29.3 Å². The number of rotatable bonds is 3. The van der Waals surface area contributed by atoms with E-state index in [1.54, 1.807) is 0 Å². The fourth-order valence-electron chi connectivity index (χ4n) is 3.55. The molecule has 1 amide bonds. The third-order valence-electron chi connectivity index (χ3n) is 5.24. The normalized spacial score (nSPS) is 15.0. The van der Waals surface area contributed by atoms with E-state index in [9.17, 15) is 4.79 Å². The van der Waals surface area contributed by atoms with Crippen LogP contribution in [0.2, 0.25) is 0 Å². The molecule has 0 atom stereocenters. The summed E-state index contributed by atoms with van der Waals surface area (Å²) in [7, 11) is 0. The number of piperidine rings is 1. The number of anilines is 2. The summed E-state index contributed by atoms with van der Waals surface area (Å²) in [6.07, 6.45) is 1.34. The number of aromatic nitrogens is 2. The minimum atomic E-state index is -0.254. The minimum Gasteiger partial charge on any atom is -0.369 e. The van der Waals surface area contributed by atoms with Crippen molar-refractivity contribution in [3.8, 4) is 0 Å². The zero-order chi connectivity index (χ0) is 22.5. The number of benzene rings is 1. The summed E-state index contributed by atoms with van der Waals surface area (Å²) >= 11 is 5.54. The van der Waals surface area contributed by atoms with Crippen LogP contribution in [0.3, 0.4) is 0 Å². The van der Waals surface area contributed by atoms with E-state index in [-0.39, 0.29) is 11.8 Å². The highest BCUT2D eigenvalue weighted by Crippen LogP contribution is 2.19. The van der Waals surface area contributed by atoms with Crippen LogP contribution in [-0.2, 0) is 4.79 Å². The lowest BCUT2D eigenvalue weighted by molar-refractivity contribution is -0.122. The van der Waals surface area contributed by atoms with Crippen LogP contribution < -0.4 is 16.4 Å². The maximum atomic E-state index is 11.5. The maximum Gasteiger partial charge on any atom is 0.229 e. The first kappa shape index (κ1) is 22.6. The summed E-state index contributed by atoms with van der Waals surface area (Å²) in [6.45, 7) is 9.16. The van der Waals surface area contributed by atoms with Crippen LogP contribution in [0.25, 0.3) is 0 Å². The van der Waals surface area contributed by atoms with Gasteiger partial charge in [-0.2, -0.15) is 4.99 Å². The van der Waals surface area contributed by atoms with Crippen molar-refractivity contribution in [2.45, 2.75) is 40.5 Å². The summed E-state index contributed by atoms with van der Waals surface area (Å²) < 4.78 is 0. The van der Waals surface area contributed by atoms with Gasteiger partial charge in [0.05, 0.1) is 0 Å². The zero-order valence-electron chi connectivity index (χ0n) is 18.4. The standard InChI is InChI=1S/C22H29N7OS/c1-13-5-6-14(2)18(11-13)26-22(31)28-21(27-20-24-15(3)12-16(4)25-20)29-9-7-17(8-10-29)19(23)30/h5-6,11-12,17H,7-10H2,1-4H3,(H2,23,30)(H2,24,25,26,27,28,31). The summed E-state index contributed by atoms with van der Waals surface area (Å²) in [5.41, 5.74) is 10.3. The Kier molecular flexibility index (Phi) is 7.17. The topological polar surface area (TPSA) is 109 Å². The molecule has 8 nitrogen and oxygen atoms in total. The Balaban J connectivity index is 1.84. The molecular formula is C22H29N7OS. The first-order valence-electron chi connectivity index (χ1n) is 10.3. The number of guanidine groups is 1. The van der Waals surface area contributed by atoms with Crippen molar-refractivity contribution in [3.63, 3.8) is 0 Å². The number of thiocarbonyl (C=S) groups is 1. The van der Waals surface area contributed by atoms with Crippen molar-refractivity contribution >= 4 is 40.8 Å². The highest BCUT2D eigenvalue weighted by atomic mass is 32.1. The minimum absolute atomic E-state index is 0.116. The molecule has 1 aromatic carbocycles. The van der Waals surface area contributed by atoms with E-state index in [0.29, 0.717) is 43.0 Å². The molecule has 1 fully saturated rings. The van der Waals surface area contributed by atoms with Crippen molar-refractivity contribution in [2.24, 2.45) is 16.6 Å². The van der Waals surface area contributed by atoms with Crippen molar-refractivity contribution in [3.05, 3.63) is 46.8 Å². The van der Waals surface area contributed by atoms with Gasteiger partial charge in [-0.05, 0) is 76.0 Å². The van der Waals surface area contributed by atoms with E-state index in [0.717, 1.165) is 28.2 Å². The third kappa shape index (κ3) is 6.21. The van der Waals surface area contributed by atoms with Crippen molar-refractivity contribution in [1.29, 1.82) is 0 Å². The van der Waals surface area contributed by atoms with E-state index in [1.807, 2.05) is 45.9 Å². The summed E-state index contributed by atoms with van der Waals surface area (Å²) in [6, 6.07) is 8.05. The largest absolute Gasteiger partial charge is 0.369 e. The van der Waals surface area contributed by atoms with Gasteiger partial charge < -0.3 is 16.0 Å². The van der Waals surface area contributed by atoms with Gasteiger partial charge in [0.1, 0.15) is 0 Å². The molecule has 0 radical (unpaired) electrons. The molecule has 164 valence electrons. The predicted octanol–water partition coefficient (Wildman–Crippen LogP) is 3.07. The second kappa shape index (κ2) is 9.82. The van der Waals surface area contributed by atoms with Gasteiger partial charge in [0, 0.05) is 36.1 Å². The number of carbonyl (C=O) groups is 1. The van der Waals surface area contributed by atoms with Crippen LogP contribution in [0.1, 0.15) is 35.4 Å². The average molecular weight is 440 g/mol. The Labute approximate surface area is 188 Å². The number of primary amides is 1. The molecule has 1 saturated heterocycles. The summed E-state index contributed by atoms with van der Waals surface area (Å²) in [4.78, 5) is 27.2. The number of aliphatic imine (C=N–C) groups is 1. The molecule has 0 bridgehead atoms. The molecule has 0 aliphatic carbocycles. The summed E-state index contributed by atoms with van der Waals surface area (Å²) in [5.74, 6) is 0.643. The number of nitrogens with two attached hydrogens (primary N) is 1. The highest BCUT2D eigenvalue weighted by Gasteiger charge is 2.25. The molecular weight excluding hydrogens is 410 g/mol. The lowest BCUT2D eigenvalue weighted by Gasteiger charge is -2.32. The first-order chi connectivity index (χ1) is 14.7. The smallest absolute Gasteiger partial charge is 0.229 e. The molecule has 1 aliphatic heterocycles. The lowest BCUT2D eigenvalue weighted by Crippen LogP contribution is -2.45. The average Bonchev–Trinajstić information content (AvgIpc) is 2.69. The van der Waals surface area contributed by atoms with Crippen LogP contribution >= 0.6 is 12.2 Å². The Morgan fingerprint density at radius 2 is 1.74 bits per heavy atom. The van der Waals surface area contributed by atoms with E-state index in [4.69, 9.17) is 18.0 Å². The molecule has 0 spiro atoms. The predicted molar refractivity (Wildman–Crippen MR) is 128 cm³/mol. The van der Waals surface area contributed by atoms with Crippen LogP contribution in [0.5, 0.6) is 0 Å². The molecule has 31 heavy (non-hydrogen) atoms. The van der Waals surface area contributed by atoms with Crippen LogP contribution in [-0.4, -0.2) is 44.9 Å². The van der Waals surface area contributed by atoms with Gasteiger partial charge >= 0.3 is 0 Å². The van der Waals surface area contributed by atoms with Gasteiger partial charge in [-0.1, -0.05) is 12.1 Å².